The lowest BCUT2D eigenvalue weighted by atomic mass is 10.0. The lowest BCUT2D eigenvalue weighted by Gasteiger charge is -2.12. The van der Waals surface area contributed by atoms with E-state index in [4.69, 9.17) is 16.3 Å². The summed E-state index contributed by atoms with van der Waals surface area (Å²) in [6, 6.07) is 12.7. The Morgan fingerprint density at radius 2 is 1.69 bits per heavy atom. The molecule has 5 nitrogen and oxygen atoms in total. The van der Waals surface area contributed by atoms with E-state index in [-0.39, 0.29) is 17.9 Å². The summed E-state index contributed by atoms with van der Waals surface area (Å²) < 4.78 is 47.4. The van der Waals surface area contributed by atoms with Gasteiger partial charge >= 0.3 is 12.1 Å². The summed E-state index contributed by atoms with van der Waals surface area (Å²) in [6.07, 6.45) is -4.98. The van der Waals surface area contributed by atoms with Crippen LogP contribution in [0.1, 0.15) is 39.0 Å². The van der Waals surface area contributed by atoms with E-state index in [9.17, 15) is 22.8 Å². The van der Waals surface area contributed by atoms with Gasteiger partial charge in [0.05, 0.1) is 17.9 Å². The Balaban J connectivity index is 2.32. The molecule has 3 aromatic rings. The van der Waals surface area contributed by atoms with E-state index < -0.39 is 34.9 Å². The van der Waals surface area contributed by atoms with Crippen molar-refractivity contribution in [3.8, 4) is 5.69 Å². The summed E-state index contributed by atoms with van der Waals surface area (Å²) in [6.45, 7) is 1.41. The third-order valence-corrected chi connectivity index (χ3v) is 4.21. The molecule has 0 fully saturated rings. The van der Waals surface area contributed by atoms with E-state index in [1.54, 1.807) is 6.07 Å². The van der Waals surface area contributed by atoms with Gasteiger partial charge in [-0.2, -0.15) is 18.3 Å². The zero-order valence-electron chi connectivity index (χ0n) is 15.0. The van der Waals surface area contributed by atoms with Gasteiger partial charge in [-0.1, -0.05) is 41.9 Å². The fourth-order valence-corrected chi connectivity index (χ4v) is 2.87. The monoisotopic (exact) mass is 422 g/mol. The van der Waals surface area contributed by atoms with Crippen molar-refractivity contribution in [1.82, 2.24) is 9.78 Å². The summed E-state index contributed by atoms with van der Waals surface area (Å²) in [7, 11) is 0. The molecule has 2 aromatic carbocycles. The number of halogens is 4. The molecule has 1 aromatic heterocycles. The first-order valence-electron chi connectivity index (χ1n) is 8.47. The Labute approximate surface area is 168 Å². The predicted octanol–water partition coefficient (Wildman–Crippen LogP) is 4.95. The average molecular weight is 423 g/mol. The van der Waals surface area contributed by atoms with Crippen LogP contribution < -0.4 is 0 Å². The minimum Gasteiger partial charge on any atom is -0.461 e. The molecule has 0 unspecified atom stereocenters. The van der Waals surface area contributed by atoms with Crippen LogP contribution >= 0.6 is 11.6 Å². The lowest BCUT2D eigenvalue weighted by Crippen LogP contribution is -2.19. The molecule has 0 N–H and O–H groups in total. The van der Waals surface area contributed by atoms with Crippen molar-refractivity contribution in [2.45, 2.75) is 13.1 Å². The molecule has 0 aliphatic carbocycles. The average Bonchev–Trinajstić information content (AvgIpc) is 3.10. The molecule has 0 atom stereocenters. The second-order valence-electron chi connectivity index (χ2n) is 5.87. The molecule has 0 aliphatic heterocycles. The van der Waals surface area contributed by atoms with Crippen LogP contribution in [0.3, 0.4) is 0 Å². The van der Waals surface area contributed by atoms with Crippen LogP contribution in [0.2, 0.25) is 5.02 Å². The minimum absolute atomic E-state index is 0.0145. The Morgan fingerprint density at radius 1 is 1.07 bits per heavy atom. The van der Waals surface area contributed by atoms with Crippen LogP contribution in [-0.4, -0.2) is 28.1 Å². The number of ether oxygens (including phenoxy) is 1. The number of hydrogen-bond donors (Lipinski definition) is 0. The molecular weight excluding hydrogens is 409 g/mol. The van der Waals surface area contributed by atoms with Gasteiger partial charge in [0.1, 0.15) is 0 Å². The first kappa shape index (κ1) is 20.6. The van der Waals surface area contributed by atoms with E-state index in [0.717, 1.165) is 0 Å². The van der Waals surface area contributed by atoms with Crippen molar-refractivity contribution in [1.29, 1.82) is 0 Å². The van der Waals surface area contributed by atoms with Crippen molar-refractivity contribution >= 4 is 23.4 Å². The van der Waals surface area contributed by atoms with Gasteiger partial charge in [0, 0.05) is 10.6 Å². The molecular formula is C20H14ClF3N2O3. The van der Waals surface area contributed by atoms with Crippen LogP contribution in [0.4, 0.5) is 13.2 Å². The number of esters is 1. The maximum atomic E-state index is 14.0. The zero-order chi connectivity index (χ0) is 21.2. The maximum absolute atomic E-state index is 14.0. The molecule has 29 heavy (non-hydrogen) atoms. The number of rotatable bonds is 5. The van der Waals surface area contributed by atoms with E-state index in [0.29, 0.717) is 9.70 Å². The number of ketones is 1. The van der Waals surface area contributed by atoms with Crippen LogP contribution in [-0.2, 0) is 10.9 Å². The number of nitrogens with zero attached hydrogens (tertiary/aromatic N) is 2. The largest absolute Gasteiger partial charge is 0.461 e. The lowest BCUT2D eigenvalue weighted by molar-refractivity contribution is -0.143. The normalized spacial score (nSPS) is 11.3. The Hall–Kier alpha value is -3.13. The summed E-state index contributed by atoms with van der Waals surface area (Å²) >= 11 is 5.81. The molecule has 150 valence electrons. The fourth-order valence-electron chi connectivity index (χ4n) is 2.74. The fraction of sp³-hybridized carbons (Fsp3) is 0.150. The highest BCUT2D eigenvalue weighted by Gasteiger charge is 2.44. The molecule has 0 aliphatic rings. The van der Waals surface area contributed by atoms with Crippen molar-refractivity contribution in [2.24, 2.45) is 0 Å². The summed E-state index contributed by atoms with van der Waals surface area (Å²) in [4.78, 5) is 25.3. The first-order valence-corrected chi connectivity index (χ1v) is 8.84. The van der Waals surface area contributed by atoms with Crippen LogP contribution in [0.15, 0.2) is 54.6 Å². The Bertz CT molecular complexity index is 1050. The number of hydrogen-bond acceptors (Lipinski definition) is 4. The molecule has 0 spiro atoms. The van der Waals surface area contributed by atoms with E-state index in [1.165, 1.54) is 55.5 Å². The molecule has 0 saturated carbocycles. The molecule has 0 radical (unpaired) electrons. The van der Waals surface area contributed by atoms with Gasteiger partial charge in [-0.3, -0.25) is 4.79 Å². The standard InChI is InChI=1S/C20H14ClF3N2O3/c1-2-29-19(28)16-15(17(27)12-6-4-3-5-7-12)18(20(22,23)24)26(25-16)14-10-8-13(21)9-11-14/h3-11H,2H2,1H3. The van der Waals surface area contributed by atoms with Crippen LogP contribution in [0.25, 0.3) is 5.69 Å². The van der Waals surface area contributed by atoms with Gasteiger partial charge < -0.3 is 4.74 Å². The van der Waals surface area contributed by atoms with Crippen molar-refractivity contribution in [3.05, 3.63) is 82.1 Å². The van der Waals surface area contributed by atoms with Gasteiger partial charge in [0.15, 0.2) is 17.2 Å². The molecule has 9 heteroatoms. The zero-order valence-corrected chi connectivity index (χ0v) is 15.8. The van der Waals surface area contributed by atoms with Crippen LogP contribution in [0, 0.1) is 0 Å². The number of carbonyl (C=O) groups excluding carboxylic acids is 2. The second kappa shape index (κ2) is 8.08. The molecule has 0 bridgehead atoms. The summed E-state index contributed by atoms with van der Waals surface area (Å²) in [5, 5.41) is 4.11. The minimum atomic E-state index is -4.98. The van der Waals surface area contributed by atoms with Gasteiger partial charge in [0.25, 0.3) is 0 Å². The quantitative estimate of drug-likeness (QED) is 0.431. The number of benzene rings is 2. The third kappa shape index (κ3) is 4.17. The van der Waals surface area contributed by atoms with Gasteiger partial charge in [0.2, 0.25) is 0 Å². The number of aromatic nitrogens is 2. The maximum Gasteiger partial charge on any atom is 0.434 e. The SMILES string of the molecule is CCOC(=O)c1nn(-c2ccc(Cl)cc2)c(C(F)(F)F)c1C(=O)c1ccccc1. The Morgan fingerprint density at radius 3 is 2.24 bits per heavy atom. The first-order chi connectivity index (χ1) is 13.7. The van der Waals surface area contributed by atoms with Crippen molar-refractivity contribution in [2.75, 3.05) is 6.61 Å². The van der Waals surface area contributed by atoms with Crippen LogP contribution in [0.5, 0.6) is 0 Å². The summed E-state index contributed by atoms with van der Waals surface area (Å²) in [5.74, 6) is -2.11. The van der Waals surface area contributed by atoms with E-state index in [2.05, 4.69) is 5.10 Å². The van der Waals surface area contributed by atoms with E-state index >= 15 is 0 Å². The smallest absolute Gasteiger partial charge is 0.434 e. The Kier molecular flexibility index (Phi) is 5.74. The van der Waals surface area contributed by atoms with Crippen molar-refractivity contribution < 1.29 is 27.5 Å². The van der Waals surface area contributed by atoms with E-state index in [1.807, 2.05) is 0 Å². The summed E-state index contributed by atoms with van der Waals surface area (Å²) in [5.41, 5.74) is -2.96. The molecule has 0 amide bonds. The topological polar surface area (TPSA) is 61.2 Å². The predicted molar refractivity (Wildman–Crippen MR) is 99.4 cm³/mol. The van der Waals surface area contributed by atoms with Gasteiger partial charge in [-0.15, -0.1) is 0 Å². The molecule has 0 saturated heterocycles. The second-order valence-corrected chi connectivity index (χ2v) is 6.31. The highest BCUT2D eigenvalue weighted by Crippen LogP contribution is 2.36. The van der Waals surface area contributed by atoms with Crippen molar-refractivity contribution in [3.63, 3.8) is 0 Å². The van der Waals surface area contributed by atoms with Gasteiger partial charge in [-0.05, 0) is 31.2 Å². The molecule has 1 heterocycles. The highest BCUT2D eigenvalue weighted by molar-refractivity contribution is 6.30. The molecule has 3 rings (SSSR count). The highest BCUT2D eigenvalue weighted by atomic mass is 35.5. The van der Waals surface area contributed by atoms with Gasteiger partial charge in [-0.25, -0.2) is 9.48 Å². The third-order valence-electron chi connectivity index (χ3n) is 3.96. The number of carbonyl (C=O) groups is 2. The number of alkyl halides is 3.